The van der Waals surface area contributed by atoms with Gasteiger partial charge in [-0.1, -0.05) is 31.0 Å². The van der Waals surface area contributed by atoms with Gasteiger partial charge in [-0.3, -0.25) is 4.79 Å². The second-order valence-corrected chi connectivity index (χ2v) is 9.54. The monoisotopic (exact) mass is 450 g/mol. The van der Waals surface area contributed by atoms with Crippen LogP contribution in [0.3, 0.4) is 0 Å². The van der Waals surface area contributed by atoms with Gasteiger partial charge in [0.05, 0.1) is 16.2 Å². The zero-order chi connectivity index (χ0) is 22.2. The fourth-order valence-corrected chi connectivity index (χ4v) is 5.61. The van der Waals surface area contributed by atoms with E-state index < -0.39 is 21.8 Å². The van der Waals surface area contributed by atoms with Crippen molar-refractivity contribution in [1.29, 1.82) is 0 Å². The number of sulfonamides is 1. The summed E-state index contributed by atoms with van der Waals surface area (Å²) in [5.41, 5.74) is -0.627. The first kappa shape index (κ1) is 21.6. The first-order chi connectivity index (χ1) is 14.7. The Labute approximate surface area is 177 Å². The number of fused-ring (bicyclic) bond motifs is 1. The maximum Gasteiger partial charge on any atom is 0.417 e. The first-order valence-electron chi connectivity index (χ1n) is 10.0. The molecule has 1 fully saturated rings. The lowest BCUT2D eigenvalue weighted by molar-refractivity contribution is -0.137. The zero-order valence-electron chi connectivity index (χ0n) is 16.6. The Morgan fingerprint density at radius 1 is 0.968 bits per heavy atom. The molecule has 0 bridgehead atoms. The summed E-state index contributed by atoms with van der Waals surface area (Å²) in [5, 5.41) is 0.276. The molecule has 0 saturated carbocycles. The Hall–Kier alpha value is -2.65. The van der Waals surface area contributed by atoms with Crippen molar-refractivity contribution < 1.29 is 26.4 Å². The normalized spacial score (nSPS) is 16.4. The quantitative estimate of drug-likeness (QED) is 0.554. The molecule has 5 nitrogen and oxygen atoms in total. The van der Waals surface area contributed by atoms with Gasteiger partial charge < -0.3 is 4.98 Å². The van der Waals surface area contributed by atoms with E-state index in [0.29, 0.717) is 24.9 Å². The molecule has 0 spiro atoms. The van der Waals surface area contributed by atoms with E-state index in [4.69, 9.17) is 0 Å². The number of H-pyrrole nitrogens is 1. The average Bonchev–Trinajstić information content (AvgIpc) is 2.89. The number of alkyl halides is 3. The van der Waals surface area contributed by atoms with Gasteiger partial charge in [0.15, 0.2) is 6.29 Å². The number of rotatable bonds is 4. The summed E-state index contributed by atoms with van der Waals surface area (Å²) in [4.78, 5) is 14.8. The van der Waals surface area contributed by atoms with Gasteiger partial charge in [0.1, 0.15) is 0 Å². The Bertz CT molecular complexity index is 1220. The number of benzene rings is 2. The molecule has 0 amide bonds. The number of aromatic nitrogens is 1. The van der Waals surface area contributed by atoms with Crippen molar-refractivity contribution in [3.05, 3.63) is 53.6 Å². The number of carbonyl (C=O) groups is 1. The van der Waals surface area contributed by atoms with Crippen LogP contribution in [0.5, 0.6) is 0 Å². The van der Waals surface area contributed by atoms with E-state index in [-0.39, 0.29) is 27.1 Å². The third-order valence-corrected chi connectivity index (χ3v) is 7.53. The highest BCUT2D eigenvalue weighted by atomic mass is 32.2. The molecule has 0 atom stereocenters. The minimum atomic E-state index is -4.60. The zero-order valence-corrected chi connectivity index (χ0v) is 17.4. The summed E-state index contributed by atoms with van der Waals surface area (Å²) < 4.78 is 68.2. The van der Waals surface area contributed by atoms with Crippen LogP contribution < -0.4 is 0 Å². The number of nitrogens with zero attached hydrogens (tertiary/aromatic N) is 1. The van der Waals surface area contributed by atoms with Gasteiger partial charge in [0.2, 0.25) is 10.0 Å². The van der Waals surface area contributed by atoms with Crippen LogP contribution in [0, 0.1) is 0 Å². The number of hydrogen-bond donors (Lipinski definition) is 1. The molecule has 2 heterocycles. The second kappa shape index (κ2) is 8.12. The SMILES string of the molecule is O=Cc1c(-c2ccccc2C(F)(F)F)[nH]c2ccc(S(=O)(=O)N3CCCCCC3)cc12. The van der Waals surface area contributed by atoms with Gasteiger partial charge in [-0.05, 0) is 37.1 Å². The molecule has 0 aliphatic carbocycles. The number of aromatic amines is 1. The minimum Gasteiger partial charge on any atom is -0.354 e. The molecule has 1 aliphatic heterocycles. The Balaban J connectivity index is 1.85. The van der Waals surface area contributed by atoms with E-state index in [2.05, 4.69) is 4.98 Å². The Morgan fingerprint density at radius 3 is 2.29 bits per heavy atom. The van der Waals surface area contributed by atoms with Crippen molar-refractivity contribution in [2.75, 3.05) is 13.1 Å². The smallest absolute Gasteiger partial charge is 0.354 e. The van der Waals surface area contributed by atoms with E-state index in [0.717, 1.165) is 31.7 Å². The van der Waals surface area contributed by atoms with Gasteiger partial charge in [-0.15, -0.1) is 0 Å². The maximum absolute atomic E-state index is 13.5. The molecular weight excluding hydrogens is 429 g/mol. The van der Waals surface area contributed by atoms with Gasteiger partial charge in [-0.2, -0.15) is 17.5 Å². The number of halogens is 3. The van der Waals surface area contributed by atoms with Crippen LogP contribution in [0.15, 0.2) is 47.4 Å². The van der Waals surface area contributed by atoms with E-state index in [9.17, 15) is 26.4 Å². The van der Waals surface area contributed by atoms with Crippen LogP contribution in [0.2, 0.25) is 0 Å². The fraction of sp³-hybridized carbons (Fsp3) is 0.318. The summed E-state index contributed by atoms with van der Waals surface area (Å²) in [5.74, 6) is 0. The van der Waals surface area contributed by atoms with Crippen LogP contribution in [-0.4, -0.2) is 37.1 Å². The Morgan fingerprint density at radius 2 is 1.65 bits per heavy atom. The molecule has 1 aliphatic rings. The Kier molecular flexibility index (Phi) is 5.65. The predicted octanol–water partition coefficient (Wildman–Crippen LogP) is 5.23. The topological polar surface area (TPSA) is 70.2 Å². The first-order valence-corrected chi connectivity index (χ1v) is 11.4. The average molecular weight is 450 g/mol. The summed E-state index contributed by atoms with van der Waals surface area (Å²) in [6.45, 7) is 0.858. The van der Waals surface area contributed by atoms with Crippen LogP contribution in [0.25, 0.3) is 22.2 Å². The number of carbonyl (C=O) groups excluding carboxylic acids is 1. The fourth-order valence-electron chi connectivity index (χ4n) is 4.07. The highest BCUT2D eigenvalue weighted by Crippen LogP contribution is 2.39. The third kappa shape index (κ3) is 3.99. The molecular formula is C22H21F3N2O3S. The van der Waals surface area contributed by atoms with Crippen molar-refractivity contribution in [1.82, 2.24) is 9.29 Å². The molecule has 164 valence electrons. The van der Waals surface area contributed by atoms with E-state index >= 15 is 0 Å². The van der Waals surface area contributed by atoms with Crippen LogP contribution >= 0.6 is 0 Å². The molecule has 2 aromatic carbocycles. The van der Waals surface area contributed by atoms with Crippen molar-refractivity contribution >= 4 is 27.2 Å². The number of aldehydes is 1. The standard InChI is InChI=1S/C22H21F3N2O3S/c23-22(24,25)19-8-4-3-7-16(19)21-18(14-28)17-13-15(9-10-20(17)26-21)31(29,30)27-11-5-1-2-6-12-27/h3-4,7-10,13-14,26H,1-2,5-6,11-12H2. The van der Waals surface area contributed by atoms with E-state index in [1.165, 1.54) is 40.7 Å². The highest BCUT2D eigenvalue weighted by molar-refractivity contribution is 7.89. The molecule has 3 aromatic rings. The largest absolute Gasteiger partial charge is 0.417 e. The molecule has 31 heavy (non-hydrogen) atoms. The molecule has 1 aromatic heterocycles. The summed E-state index contributed by atoms with van der Waals surface area (Å²) in [6, 6.07) is 9.26. The van der Waals surface area contributed by atoms with Crippen molar-refractivity contribution in [2.24, 2.45) is 0 Å². The van der Waals surface area contributed by atoms with Crippen LogP contribution in [-0.2, 0) is 16.2 Å². The molecule has 0 radical (unpaired) electrons. The molecule has 1 N–H and O–H groups in total. The minimum absolute atomic E-state index is 0.000355. The second-order valence-electron chi connectivity index (χ2n) is 7.60. The highest BCUT2D eigenvalue weighted by Gasteiger charge is 2.34. The van der Waals surface area contributed by atoms with E-state index in [1.54, 1.807) is 0 Å². The van der Waals surface area contributed by atoms with Gasteiger partial charge in [0.25, 0.3) is 0 Å². The molecule has 9 heteroatoms. The van der Waals surface area contributed by atoms with Crippen molar-refractivity contribution in [3.63, 3.8) is 0 Å². The van der Waals surface area contributed by atoms with Crippen molar-refractivity contribution in [2.45, 2.75) is 36.8 Å². The number of hydrogen-bond acceptors (Lipinski definition) is 3. The van der Waals surface area contributed by atoms with Gasteiger partial charge in [0, 0.05) is 35.1 Å². The van der Waals surface area contributed by atoms with Crippen LogP contribution in [0.4, 0.5) is 13.2 Å². The summed E-state index contributed by atoms with van der Waals surface area (Å²) >= 11 is 0. The lowest BCUT2D eigenvalue weighted by Crippen LogP contribution is -2.31. The van der Waals surface area contributed by atoms with Gasteiger partial charge in [-0.25, -0.2) is 8.42 Å². The van der Waals surface area contributed by atoms with Crippen LogP contribution in [0.1, 0.15) is 41.6 Å². The molecule has 1 saturated heterocycles. The molecule has 4 rings (SSSR count). The maximum atomic E-state index is 13.5. The summed E-state index contributed by atoms with van der Waals surface area (Å²) in [7, 11) is -3.77. The third-order valence-electron chi connectivity index (χ3n) is 5.63. The van der Waals surface area contributed by atoms with Crippen molar-refractivity contribution in [3.8, 4) is 11.3 Å². The van der Waals surface area contributed by atoms with Gasteiger partial charge >= 0.3 is 6.18 Å². The lowest BCUT2D eigenvalue weighted by Gasteiger charge is -2.20. The summed E-state index contributed by atoms with van der Waals surface area (Å²) in [6.07, 6.45) is -0.633. The molecule has 0 unspecified atom stereocenters. The number of nitrogens with one attached hydrogen (secondary N) is 1. The van der Waals surface area contributed by atoms with E-state index in [1.807, 2.05) is 0 Å². The lowest BCUT2D eigenvalue weighted by atomic mass is 10.0. The predicted molar refractivity (Wildman–Crippen MR) is 111 cm³/mol.